The van der Waals surface area contributed by atoms with Crippen molar-refractivity contribution in [2.75, 3.05) is 0 Å². The summed E-state index contributed by atoms with van der Waals surface area (Å²) in [5, 5.41) is 0. The van der Waals surface area contributed by atoms with Gasteiger partial charge in [-0.1, -0.05) is 30.3 Å². The Morgan fingerprint density at radius 3 is 2.45 bits per heavy atom. The highest BCUT2D eigenvalue weighted by molar-refractivity contribution is 5.14. The van der Waals surface area contributed by atoms with Crippen molar-refractivity contribution in [1.29, 1.82) is 0 Å². The van der Waals surface area contributed by atoms with Crippen molar-refractivity contribution in [2.24, 2.45) is 0 Å². The molecule has 0 aromatic heterocycles. The number of hydrogen-bond donors (Lipinski definition) is 0. The Morgan fingerprint density at radius 1 is 1.27 bits per heavy atom. The van der Waals surface area contributed by atoms with E-state index in [-0.39, 0.29) is 6.04 Å². The summed E-state index contributed by atoms with van der Waals surface area (Å²) < 4.78 is 0. The maximum Gasteiger partial charge on any atom is 0.0187 e. The van der Waals surface area contributed by atoms with E-state index in [9.17, 15) is 0 Å². The van der Waals surface area contributed by atoms with E-state index in [0.29, 0.717) is 0 Å². The van der Waals surface area contributed by atoms with E-state index in [1.807, 2.05) is 25.1 Å². The lowest BCUT2D eigenvalue weighted by molar-refractivity contribution is 0.648. The van der Waals surface area contributed by atoms with Crippen molar-refractivity contribution >= 4 is 0 Å². The smallest absolute Gasteiger partial charge is 0.0187 e. The molecule has 0 heterocycles. The summed E-state index contributed by atoms with van der Waals surface area (Å²) in [5.74, 6) is 0. The van der Waals surface area contributed by atoms with Gasteiger partial charge in [-0.25, -0.2) is 0 Å². The maximum absolute atomic E-state index is 7.33. The minimum absolute atomic E-state index is 0.0650. The van der Waals surface area contributed by atoms with Crippen LogP contribution >= 0.6 is 0 Å². The van der Waals surface area contributed by atoms with Crippen molar-refractivity contribution in [3.8, 4) is 0 Å². The molecule has 0 saturated carbocycles. The van der Waals surface area contributed by atoms with Crippen molar-refractivity contribution in [3.63, 3.8) is 0 Å². The average molecular weight is 148 g/mol. The van der Waals surface area contributed by atoms with Gasteiger partial charge in [-0.05, 0) is 25.3 Å². The molecule has 1 N–H and O–H groups in total. The van der Waals surface area contributed by atoms with Gasteiger partial charge in [-0.2, -0.15) is 0 Å². The summed E-state index contributed by atoms with van der Waals surface area (Å²) in [6.45, 7) is 1.93. The Morgan fingerprint density at radius 2 is 1.91 bits per heavy atom. The van der Waals surface area contributed by atoms with E-state index in [0.717, 1.165) is 12.8 Å². The number of hydrogen-bond acceptors (Lipinski definition) is 0. The van der Waals surface area contributed by atoms with E-state index in [4.69, 9.17) is 5.73 Å². The Labute approximate surface area is 68.2 Å². The fourth-order valence-corrected chi connectivity index (χ4v) is 1.03. The molecular weight excluding hydrogens is 134 g/mol. The largest absolute Gasteiger partial charge is 0.255 e. The van der Waals surface area contributed by atoms with E-state index in [2.05, 4.69) is 12.1 Å². The molecule has 0 amide bonds. The van der Waals surface area contributed by atoms with Gasteiger partial charge in [-0.15, -0.1) is 0 Å². The summed E-state index contributed by atoms with van der Waals surface area (Å²) >= 11 is 0. The molecule has 1 nitrogen and oxygen atoms in total. The van der Waals surface area contributed by atoms with Crippen molar-refractivity contribution in [3.05, 3.63) is 35.9 Å². The Kier molecular flexibility index (Phi) is 3.12. The number of aryl methyl sites for hydroxylation is 1. The lowest BCUT2D eigenvalue weighted by Gasteiger charge is -2.02. The highest BCUT2D eigenvalue weighted by atomic mass is 14.6. The zero-order chi connectivity index (χ0) is 8.10. The van der Waals surface area contributed by atoms with E-state index >= 15 is 0 Å². The van der Waals surface area contributed by atoms with Crippen LogP contribution in [-0.2, 0) is 6.42 Å². The normalized spacial score (nSPS) is 12.9. The van der Waals surface area contributed by atoms with Gasteiger partial charge in [0.2, 0.25) is 0 Å². The third-order valence-electron chi connectivity index (χ3n) is 1.71. The fraction of sp³-hybridized carbons (Fsp3) is 0.400. The van der Waals surface area contributed by atoms with Crippen molar-refractivity contribution < 1.29 is 0 Å². The molecule has 0 aliphatic heterocycles. The second-order valence-electron chi connectivity index (χ2n) is 2.93. The highest BCUT2D eigenvalue weighted by Crippen LogP contribution is 2.03. The van der Waals surface area contributed by atoms with Gasteiger partial charge in [0, 0.05) is 6.04 Å². The van der Waals surface area contributed by atoms with Crippen LogP contribution in [0, 0.1) is 0 Å². The van der Waals surface area contributed by atoms with Crippen LogP contribution in [0.1, 0.15) is 18.9 Å². The van der Waals surface area contributed by atoms with E-state index < -0.39 is 0 Å². The standard InChI is InChI=1S/C10H14N/c1-9(11)7-8-10-5-3-2-4-6-10/h2-6,9,11H,7-8H2,1H3/t9-/m1/s1. The minimum atomic E-state index is 0.0650. The van der Waals surface area contributed by atoms with Gasteiger partial charge in [0.1, 0.15) is 0 Å². The van der Waals surface area contributed by atoms with Crippen LogP contribution < -0.4 is 5.73 Å². The average Bonchev–Trinajstić information content (AvgIpc) is 2.03. The van der Waals surface area contributed by atoms with Gasteiger partial charge in [0.25, 0.3) is 0 Å². The summed E-state index contributed by atoms with van der Waals surface area (Å²) in [4.78, 5) is 0. The summed E-state index contributed by atoms with van der Waals surface area (Å²) in [5.41, 5.74) is 8.67. The first kappa shape index (κ1) is 8.28. The second-order valence-corrected chi connectivity index (χ2v) is 2.93. The monoisotopic (exact) mass is 148 g/mol. The van der Waals surface area contributed by atoms with Crippen LogP contribution in [0.2, 0.25) is 0 Å². The van der Waals surface area contributed by atoms with E-state index in [1.54, 1.807) is 0 Å². The molecule has 0 bridgehead atoms. The predicted molar refractivity (Wildman–Crippen MR) is 47.3 cm³/mol. The molecule has 59 valence electrons. The molecule has 0 spiro atoms. The van der Waals surface area contributed by atoms with Crippen molar-refractivity contribution in [2.45, 2.75) is 25.8 Å². The molecular formula is C10H14N. The van der Waals surface area contributed by atoms with Crippen LogP contribution in [0.4, 0.5) is 0 Å². The van der Waals surface area contributed by atoms with Gasteiger partial charge < -0.3 is 0 Å². The Hall–Kier alpha value is -0.820. The molecule has 1 aromatic carbocycles. The lowest BCUT2D eigenvalue weighted by Crippen LogP contribution is -2.03. The molecule has 0 unspecified atom stereocenters. The third-order valence-corrected chi connectivity index (χ3v) is 1.71. The van der Waals surface area contributed by atoms with Crippen LogP contribution in [0.15, 0.2) is 30.3 Å². The predicted octanol–water partition coefficient (Wildman–Crippen LogP) is 2.29. The first-order valence-corrected chi connectivity index (χ1v) is 4.04. The molecule has 1 atom stereocenters. The zero-order valence-electron chi connectivity index (χ0n) is 6.88. The van der Waals surface area contributed by atoms with Gasteiger partial charge >= 0.3 is 0 Å². The van der Waals surface area contributed by atoms with E-state index in [1.165, 1.54) is 5.56 Å². The zero-order valence-corrected chi connectivity index (χ0v) is 6.88. The topological polar surface area (TPSA) is 23.8 Å². The van der Waals surface area contributed by atoms with Crippen molar-refractivity contribution in [1.82, 2.24) is 5.73 Å². The molecule has 11 heavy (non-hydrogen) atoms. The third kappa shape index (κ3) is 3.19. The molecule has 0 saturated heterocycles. The summed E-state index contributed by atoms with van der Waals surface area (Å²) in [6, 6.07) is 10.4. The number of rotatable bonds is 3. The molecule has 1 rings (SSSR count). The lowest BCUT2D eigenvalue weighted by atomic mass is 10.1. The van der Waals surface area contributed by atoms with Crippen LogP contribution in [0.3, 0.4) is 0 Å². The summed E-state index contributed by atoms with van der Waals surface area (Å²) in [6.07, 6.45) is 2.00. The molecule has 0 aliphatic rings. The Balaban J connectivity index is 2.39. The van der Waals surface area contributed by atoms with Gasteiger partial charge in [0.15, 0.2) is 0 Å². The van der Waals surface area contributed by atoms with Crippen LogP contribution in [-0.4, -0.2) is 6.04 Å². The highest BCUT2D eigenvalue weighted by Gasteiger charge is 1.95. The molecule has 1 aromatic rings. The molecule has 0 fully saturated rings. The van der Waals surface area contributed by atoms with Crippen LogP contribution in [0.25, 0.3) is 0 Å². The first-order valence-electron chi connectivity index (χ1n) is 4.04. The molecule has 1 radical (unpaired) electrons. The van der Waals surface area contributed by atoms with Gasteiger partial charge in [0.05, 0.1) is 0 Å². The first-order chi connectivity index (χ1) is 5.29. The molecule has 0 aliphatic carbocycles. The van der Waals surface area contributed by atoms with Crippen LogP contribution in [0.5, 0.6) is 0 Å². The minimum Gasteiger partial charge on any atom is -0.255 e. The number of nitrogens with one attached hydrogen (secondary N) is 1. The molecule has 1 heteroatoms. The SMILES string of the molecule is C[C@@H]([NH])CCc1ccccc1. The maximum atomic E-state index is 7.33. The second kappa shape index (κ2) is 4.14. The fourth-order valence-electron chi connectivity index (χ4n) is 1.03. The Bertz CT molecular complexity index is 191. The summed E-state index contributed by atoms with van der Waals surface area (Å²) in [7, 11) is 0. The number of benzene rings is 1. The van der Waals surface area contributed by atoms with Gasteiger partial charge in [-0.3, -0.25) is 5.73 Å². The quantitative estimate of drug-likeness (QED) is 0.628.